The van der Waals surface area contributed by atoms with Gasteiger partial charge in [-0.05, 0) is 13.8 Å². The van der Waals surface area contributed by atoms with Crippen LogP contribution < -0.4 is 5.73 Å². The van der Waals surface area contributed by atoms with Gasteiger partial charge in [0.2, 0.25) is 5.91 Å². The fraction of sp³-hybridized carbons (Fsp3) is 0.800. The Morgan fingerprint density at radius 2 is 2.25 bits per heavy atom. The molecule has 1 saturated heterocycles. The molecule has 0 bridgehead atoms. The molecule has 0 aromatic carbocycles. The molecule has 1 rings (SSSR count). The maximum absolute atomic E-state index is 11.4. The van der Waals surface area contributed by atoms with Gasteiger partial charge in [0.05, 0.1) is 25.9 Å². The van der Waals surface area contributed by atoms with Crippen LogP contribution in [-0.2, 0) is 19.1 Å². The number of hydrogen-bond donors (Lipinski definition) is 1. The van der Waals surface area contributed by atoms with E-state index in [4.69, 9.17) is 15.2 Å². The topological polar surface area (TPSA) is 81.9 Å². The van der Waals surface area contributed by atoms with Gasteiger partial charge in [-0.1, -0.05) is 0 Å². The number of nitrogens with two attached hydrogens (primary N) is 1. The molecule has 0 spiro atoms. The van der Waals surface area contributed by atoms with Crippen molar-refractivity contribution in [1.29, 1.82) is 0 Å². The number of primary amides is 1. The zero-order valence-electron chi connectivity index (χ0n) is 9.64. The van der Waals surface area contributed by atoms with E-state index in [-0.39, 0.29) is 25.2 Å². The molecule has 1 heterocycles. The molecule has 1 atom stereocenters. The number of hydrogen-bond acceptors (Lipinski definition) is 5. The summed E-state index contributed by atoms with van der Waals surface area (Å²) in [5.74, 6) is -0.819. The van der Waals surface area contributed by atoms with Crippen LogP contribution in [0.4, 0.5) is 0 Å². The molecule has 0 radical (unpaired) electrons. The van der Waals surface area contributed by atoms with Crippen LogP contribution in [0.5, 0.6) is 0 Å². The predicted octanol–water partition coefficient (Wildman–Crippen LogP) is -0.876. The van der Waals surface area contributed by atoms with Crippen molar-refractivity contribution in [2.24, 2.45) is 5.73 Å². The first-order chi connectivity index (χ1) is 7.50. The van der Waals surface area contributed by atoms with Gasteiger partial charge in [0.15, 0.2) is 0 Å². The second-order valence-corrected chi connectivity index (χ2v) is 4.00. The SMILES string of the molecule is CC(C)OC(=O)CN1CCOCC1C(N)=O. The second-order valence-electron chi connectivity index (χ2n) is 4.00. The normalized spacial score (nSPS) is 22.1. The molecule has 2 N–H and O–H groups in total. The Labute approximate surface area is 94.7 Å². The number of ether oxygens (including phenoxy) is 2. The van der Waals surface area contributed by atoms with E-state index in [1.54, 1.807) is 18.7 Å². The zero-order chi connectivity index (χ0) is 12.1. The van der Waals surface area contributed by atoms with Gasteiger partial charge in [0, 0.05) is 6.54 Å². The van der Waals surface area contributed by atoms with E-state index in [0.29, 0.717) is 13.2 Å². The molecule has 92 valence electrons. The lowest BCUT2D eigenvalue weighted by Crippen LogP contribution is -2.54. The van der Waals surface area contributed by atoms with Gasteiger partial charge in [0.25, 0.3) is 0 Å². The smallest absolute Gasteiger partial charge is 0.320 e. The Kier molecular flexibility index (Phi) is 4.70. The monoisotopic (exact) mass is 230 g/mol. The van der Waals surface area contributed by atoms with Crippen LogP contribution in [0.1, 0.15) is 13.8 Å². The van der Waals surface area contributed by atoms with Crippen molar-refractivity contribution in [3.05, 3.63) is 0 Å². The molecule has 1 amide bonds. The summed E-state index contributed by atoms with van der Waals surface area (Å²) in [5.41, 5.74) is 5.22. The molecule has 1 aliphatic rings. The van der Waals surface area contributed by atoms with Gasteiger partial charge in [-0.3, -0.25) is 14.5 Å². The van der Waals surface area contributed by atoms with Gasteiger partial charge >= 0.3 is 5.97 Å². The Morgan fingerprint density at radius 1 is 1.56 bits per heavy atom. The average molecular weight is 230 g/mol. The van der Waals surface area contributed by atoms with E-state index in [9.17, 15) is 9.59 Å². The highest BCUT2D eigenvalue weighted by Gasteiger charge is 2.29. The number of esters is 1. The van der Waals surface area contributed by atoms with Crippen molar-refractivity contribution in [1.82, 2.24) is 4.90 Å². The molecule has 1 unspecified atom stereocenters. The van der Waals surface area contributed by atoms with Gasteiger partial charge in [0.1, 0.15) is 6.04 Å². The van der Waals surface area contributed by atoms with Crippen LogP contribution in [0.3, 0.4) is 0 Å². The lowest BCUT2D eigenvalue weighted by molar-refractivity contribution is -0.152. The molecule has 1 aliphatic heterocycles. The van der Waals surface area contributed by atoms with Crippen LogP contribution in [0.25, 0.3) is 0 Å². The fourth-order valence-corrected chi connectivity index (χ4v) is 1.56. The fourth-order valence-electron chi connectivity index (χ4n) is 1.56. The third-order valence-electron chi connectivity index (χ3n) is 2.27. The summed E-state index contributed by atoms with van der Waals surface area (Å²) >= 11 is 0. The first kappa shape index (κ1) is 12.9. The first-order valence-corrected chi connectivity index (χ1v) is 5.31. The molecule has 6 nitrogen and oxygen atoms in total. The van der Waals surface area contributed by atoms with E-state index in [0.717, 1.165) is 0 Å². The Morgan fingerprint density at radius 3 is 2.81 bits per heavy atom. The van der Waals surface area contributed by atoms with E-state index in [1.165, 1.54) is 0 Å². The van der Waals surface area contributed by atoms with Crippen LogP contribution >= 0.6 is 0 Å². The molecule has 0 aromatic heterocycles. The molecule has 1 fully saturated rings. The zero-order valence-corrected chi connectivity index (χ0v) is 9.64. The molecule has 16 heavy (non-hydrogen) atoms. The standard InChI is InChI=1S/C10H18N2O4/c1-7(2)16-9(13)5-12-3-4-15-6-8(12)10(11)14/h7-8H,3-6H2,1-2H3,(H2,11,14). The minimum atomic E-state index is -0.534. The van der Waals surface area contributed by atoms with Crippen molar-refractivity contribution in [2.75, 3.05) is 26.3 Å². The summed E-state index contributed by atoms with van der Waals surface area (Å²) in [4.78, 5) is 24.2. The number of morpholine rings is 1. The summed E-state index contributed by atoms with van der Waals surface area (Å²) in [7, 11) is 0. The predicted molar refractivity (Wildman–Crippen MR) is 56.6 cm³/mol. The number of nitrogens with zero attached hydrogens (tertiary/aromatic N) is 1. The third-order valence-corrected chi connectivity index (χ3v) is 2.27. The van der Waals surface area contributed by atoms with Crippen LogP contribution in [-0.4, -0.2) is 55.2 Å². The van der Waals surface area contributed by atoms with Crippen LogP contribution in [0.15, 0.2) is 0 Å². The van der Waals surface area contributed by atoms with Crippen molar-refractivity contribution < 1.29 is 19.1 Å². The largest absolute Gasteiger partial charge is 0.462 e. The number of amides is 1. The van der Waals surface area contributed by atoms with Crippen LogP contribution in [0.2, 0.25) is 0 Å². The Hall–Kier alpha value is -1.14. The van der Waals surface area contributed by atoms with Crippen molar-refractivity contribution in [3.8, 4) is 0 Å². The van der Waals surface area contributed by atoms with E-state index < -0.39 is 11.9 Å². The van der Waals surface area contributed by atoms with Gasteiger partial charge < -0.3 is 15.2 Å². The van der Waals surface area contributed by atoms with E-state index >= 15 is 0 Å². The molecule has 0 aliphatic carbocycles. The molecular weight excluding hydrogens is 212 g/mol. The van der Waals surface area contributed by atoms with Crippen molar-refractivity contribution >= 4 is 11.9 Å². The highest BCUT2D eigenvalue weighted by molar-refractivity contribution is 5.81. The summed E-state index contributed by atoms with van der Waals surface area (Å²) in [6.45, 7) is 4.89. The summed E-state index contributed by atoms with van der Waals surface area (Å²) in [5, 5.41) is 0. The quantitative estimate of drug-likeness (QED) is 0.634. The second kappa shape index (κ2) is 5.81. The number of carbonyl (C=O) groups is 2. The first-order valence-electron chi connectivity index (χ1n) is 5.31. The highest BCUT2D eigenvalue weighted by atomic mass is 16.5. The lowest BCUT2D eigenvalue weighted by Gasteiger charge is -2.32. The van der Waals surface area contributed by atoms with Gasteiger partial charge in [-0.25, -0.2) is 0 Å². The molecular formula is C10H18N2O4. The molecule has 0 saturated carbocycles. The van der Waals surface area contributed by atoms with Gasteiger partial charge in [-0.15, -0.1) is 0 Å². The van der Waals surface area contributed by atoms with Crippen molar-refractivity contribution in [3.63, 3.8) is 0 Å². The maximum atomic E-state index is 11.4. The summed E-state index contributed by atoms with van der Waals surface area (Å²) < 4.78 is 10.1. The molecule has 0 aromatic rings. The van der Waals surface area contributed by atoms with Crippen LogP contribution in [0, 0.1) is 0 Å². The van der Waals surface area contributed by atoms with E-state index in [1.807, 2.05) is 0 Å². The highest BCUT2D eigenvalue weighted by Crippen LogP contribution is 2.06. The summed E-state index contributed by atoms with van der Waals surface area (Å²) in [6.07, 6.45) is -0.152. The molecule has 6 heteroatoms. The maximum Gasteiger partial charge on any atom is 0.320 e. The number of carbonyl (C=O) groups excluding carboxylic acids is 2. The number of rotatable bonds is 4. The summed E-state index contributed by atoms with van der Waals surface area (Å²) in [6, 6.07) is -0.534. The lowest BCUT2D eigenvalue weighted by atomic mass is 10.2. The minimum absolute atomic E-state index is 0.0785. The van der Waals surface area contributed by atoms with Gasteiger partial charge in [-0.2, -0.15) is 0 Å². The average Bonchev–Trinajstić information content (AvgIpc) is 2.16. The van der Waals surface area contributed by atoms with E-state index in [2.05, 4.69) is 0 Å². The Balaban J connectivity index is 2.49. The third kappa shape index (κ3) is 3.79. The Bertz CT molecular complexity index is 268. The van der Waals surface area contributed by atoms with Crippen molar-refractivity contribution in [2.45, 2.75) is 26.0 Å². The minimum Gasteiger partial charge on any atom is -0.462 e.